The third-order valence-corrected chi connectivity index (χ3v) is 2.18. The number of carbonyl (C=O) groups excluding carboxylic acids is 2. The third kappa shape index (κ3) is 5.46. The van der Waals surface area contributed by atoms with Crippen LogP contribution in [0.4, 0.5) is 8.78 Å². The van der Waals surface area contributed by atoms with Gasteiger partial charge in [-0.3, -0.25) is 9.59 Å². The van der Waals surface area contributed by atoms with Crippen molar-refractivity contribution >= 4 is 11.9 Å². The second-order valence-electron chi connectivity index (χ2n) is 3.71. The molecule has 19 heavy (non-hydrogen) atoms. The minimum absolute atomic E-state index is 0.0460. The first kappa shape index (κ1) is 15.1. The lowest BCUT2D eigenvalue weighted by Gasteiger charge is -2.05. The van der Waals surface area contributed by atoms with Gasteiger partial charge in [0, 0.05) is 18.9 Å². The molecule has 0 aliphatic rings. The SMILES string of the molecule is CCOC(=O)CCCC(=O)Oc1ccc(F)cc1F. The van der Waals surface area contributed by atoms with E-state index >= 15 is 0 Å². The molecule has 0 aliphatic carbocycles. The zero-order valence-electron chi connectivity index (χ0n) is 10.4. The number of ether oxygens (including phenoxy) is 2. The van der Waals surface area contributed by atoms with Crippen molar-refractivity contribution < 1.29 is 27.8 Å². The Labute approximate surface area is 109 Å². The minimum Gasteiger partial charge on any atom is -0.466 e. The summed E-state index contributed by atoms with van der Waals surface area (Å²) in [5.41, 5.74) is 0. The average molecular weight is 272 g/mol. The van der Waals surface area contributed by atoms with Gasteiger partial charge in [0.1, 0.15) is 5.82 Å². The largest absolute Gasteiger partial charge is 0.466 e. The summed E-state index contributed by atoms with van der Waals surface area (Å²) in [6.07, 6.45) is 0.297. The van der Waals surface area contributed by atoms with Crippen molar-refractivity contribution in [2.24, 2.45) is 0 Å². The Morgan fingerprint density at radius 2 is 1.84 bits per heavy atom. The molecule has 0 bridgehead atoms. The van der Waals surface area contributed by atoms with Crippen molar-refractivity contribution in [3.8, 4) is 5.75 Å². The highest BCUT2D eigenvalue weighted by molar-refractivity contribution is 5.74. The van der Waals surface area contributed by atoms with Gasteiger partial charge >= 0.3 is 11.9 Å². The second kappa shape index (κ2) is 7.45. The molecule has 0 fully saturated rings. The molecule has 0 N–H and O–H groups in total. The van der Waals surface area contributed by atoms with Gasteiger partial charge in [0.15, 0.2) is 11.6 Å². The fraction of sp³-hybridized carbons (Fsp3) is 0.385. The number of benzene rings is 1. The van der Waals surface area contributed by atoms with Crippen LogP contribution in [0.15, 0.2) is 18.2 Å². The van der Waals surface area contributed by atoms with E-state index in [0.717, 1.165) is 12.1 Å². The van der Waals surface area contributed by atoms with Crippen molar-refractivity contribution in [2.45, 2.75) is 26.2 Å². The molecular formula is C13H14F2O4. The van der Waals surface area contributed by atoms with Gasteiger partial charge in [0.25, 0.3) is 0 Å². The van der Waals surface area contributed by atoms with E-state index < -0.39 is 23.6 Å². The van der Waals surface area contributed by atoms with Crippen molar-refractivity contribution in [2.75, 3.05) is 6.61 Å². The summed E-state index contributed by atoms with van der Waals surface area (Å²) in [6, 6.07) is 2.65. The molecule has 1 aromatic rings. The Hall–Kier alpha value is -1.98. The topological polar surface area (TPSA) is 52.6 Å². The summed E-state index contributed by atoms with van der Waals surface area (Å²) < 4.78 is 35.2. The fourth-order valence-electron chi connectivity index (χ4n) is 1.34. The monoisotopic (exact) mass is 272 g/mol. The molecule has 0 spiro atoms. The van der Waals surface area contributed by atoms with E-state index in [0.29, 0.717) is 6.07 Å². The third-order valence-electron chi connectivity index (χ3n) is 2.18. The number of hydrogen-bond acceptors (Lipinski definition) is 4. The molecule has 0 heterocycles. The predicted molar refractivity (Wildman–Crippen MR) is 62.5 cm³/mol. The van der Waals surface area contributed by atoms with Crippen LogP contribution in [-0.2, 0) is 14.3 Å². The van der Waals surface area contributed by atoms with Crippen LogP contribution in [0.25, 0.3) is 0 Å². The first-order valence-electron chi connectivity index (χ1n) is 5.84. The van der Waals surface area contributed by atoms with Crippen LogP contribution in [0.3, 0.4) is 0 Å². The maximum atomic E-state index is 13.2. The Morgan fingerprint density at radius 3 is 2.47 bits per heavy atom. The summed E-state index contributed by atoms with van der Waals surface area (Å²) in [5.74, 6) is -3.11. The van der Waals surface area contributed by atoms with E-state index in [1.807, 2.05) is 0 Å². The van der Waals surface area contributed by atoms with Gasteiger partial charge in [-0.1, -0.05) is 0 Å². The van der Waals surface area contributed by atoms with Gasteiger partial charge in [0.2, 0.25) is 0 Å². The van der Waals surface area contributed by atoms with Gasteiger partial charge in [-0.15, -0.1) is 0 Å². The van der Waals surface area contributed by atoms with E-state index in [1.54, 1.807) is 6.92 Å². The first-order chi connectivity index (χ1) is 9.02. The summed E-state index contributed by atoms with van der Waals surface area (Å²) >= 11 is 0. The van der Waals surface area contributed by atoms with E-state index in [9.17, 15) is 18.4 Å². The molecule has 104 valence electrons. The number of carbonyl (C=O) groups is 2. The molecule has 0 atom stereocenters. The smallest absolute Gasteiger partial charge is 0.311 e. The van der Waals surface area contributed by atoms with E-state index in [2.05, 4.69) is 4.74 Å². The van der Waals surface area contributed by atoms with Crippen LogP contribution >= 0.6 is 0 Å². The number of hydrogen-bond donors (Lipinski definition) is 0. The van der Waals surface area contributed by atoms with Crippen LogP contribution in [-0.4, -0.2) is 18.5 Å². The normalized spacial score (nSPS) is 10.1. The standard InChI is InChI=1S/C13H14F2O4/c1-2-18-12(16)4-3-5-13(17)19-11-7-6-9(14)8-10(11)15/h6-8H,2-5H2,1H3. The van der Waals surface area contributed by atoms with Gasteiger partial charge in [-0.25, -0.2) is 8.78 Å². The lowest BCUT2D eigenvalue weighted by molar-refractivity contribution is -0.143. The maximum Gasteiger partial charge on any atom is 0.311 e. The Kier molecular flexibility index (Phi) is 5.92. The molecule has 6 heteroatoms. The van der Waals surface area contributed by atoms with Crippen LogP contribution < -0.4 is 4.74 Å². The van der Waals surface area contributed by atoms with Crippen LogP contribution in [0.5, 0.6) is 5.75 Å². The second-order valence-corrected chi connectivity index (χ2v) is 3.71. The van der Waals surface area contributed by atoms with Gasteiger partial charge in [-0.2, -0.15) is 0 Å². The Morgan fingerprint density at radius 1 is 1.16 bits per heavy atom. The zero-order chi connectivity index (χ0) is 14.3. The van der Waals surface area contributed by atoms with Crippen molar-refractivity contribution in [3.05, 3.63) is 29.8 Å². The van der Waals surface area contributed by atoms with Crippen LogP contribution in [0, 0.1) is 11.6 Å². The molecule has 0 aromatic heterocycles. The molecule has 0 aliphatic heterocycles. The predicted octanol–water partition coefficient (Wildman–Crippen LogP) is 2.60. The molecule has 0 saturated heterocycles. The number of rotatable bonds is 6. The van der Waals surface area contributed by atoms with Crippen LogP contribution in [0.2, 0.25) is 0 Å². The van der Waals surface area contributed by atoms with Crippen LogP contribution in [0.1, 0.15) is 26.2 Å². The summed E-state index contributed by atoms with van der Waals surface area (Å²) in [6.45, 7) is 1.97. The Balaban J connectivity index is 2.37. The maximum absolute atomic E-state index is 13.2. The molecule has 0 saturated carbocycles. The average Bonchev–Trinajstić information content (AvgIpc) is 2.33. The van der Waals surface area contributed by atoms with E-state index in [1.165, 1.54) is 0 Å². The van der Waals surface area contributed by atoms with Gasteiger partial charge in [0.05, 0.1) is 6.61 Å². The highest BCUT2D eigenvalue weighted by Crippen LogP contribution is 2.18. The molecule has 0 amide bonds. The summed E-state index contributed by atoms with van der Waals surface area (Å²) in [4.78, 5) is 22.4. The molecule has 0 radical (unpaired) electrons. The molecular weight excluding hydrogens is 258 g/mol. The molecule has 0 unspecified atom stereocenters. The van der Waals surface area contributed by atoms with Crippen molar-refractivity contribution in [1.82, 2.24) is 0 Å². The first-order valence-corrected chi connectivity index (χ1v) is 5.84. The minimum atomic E-state index is -0.946. The van der Waals surface area contributed by atoms with Crippen molar-refractivity contribution in [3.63, 3.8) is 0 Å². The molecule has 4 nitrogen and oxygen atoms in total. The van der Waals surface area contributed by atoms with E-state index in [4.69, 9.17) is 4.74 Å². The summed E-state index contributed by atoms with van der Waals surface area (Å²) in [5, 5.41) is 0. The molecule has 1 rings (SSSR count). The quantitative estimate of drug-likeness (QED) is 0.590. The summed E-state index contributed by atoms with van der Waals surface area (Å²) in [7, 11) is 0. The number of esters is 2. The lowest BCUT2D eigenvalue weighted by Crippen LogP contribution is -2.10. The van der Waals surface area contributed by atoms with Crippen molar-refractivity contribution in [1.29, 1.82) is 0 Å². The zero-order valence-corrected chi connectivity index (χ0v) is 10.4. The molecule has 1 aromatic carbocycles. The van der Waals surface area contributed by atoms with Gasteiger partial charge < -0.3 is 9.47 Å². The fourth-order valence-corrected chi connectivity index (χ4v) is 1.34. The van der Waals surface area contributed by atoms with Gasteiger partial charge in [-0.05, 0) is 25.5 Å². The highest BCUT2D eigenvalue weighted by atomic mass is 19.1. The number of halogens is 2. The Bertz CT molecular complexity index is 460. The highest BCUT2D eigenvalue weighted by Gasteiger charge is 2.11. The van der Waals surface area contributed by atoms with E-state index in [-0.39, 0.29) is 31.6 Å². The lowest BCUT2D eigenvalue weighted by atomic mass is 10.2.